The summed E-state index contributed by atoms with van der Waals surface area (Å²) in [6, 6.07) is 8.28. The number of carbonyl (C=O) groups excluding carboxylic acids is 3. The fourth-order valence-corrected chi connectivity index (χ4v) is 17.6. The van der Waals surface area contributed by atoms with Crippen LogP contribution in [0.5, 0.6) is 0 Å². The summed E-state index contributed by atoms with van der Waals surface area (Å²) in [6.45, 7) is 4.56. The predicted octanol–water partition coefficient (Wildman–Crippen LogP) is 0.536. The molecule has 1 aromatic carbocycles. The first-order valence-corrected chi connectivity index (χ1v) is 21.8. The topological polar surface area (TPSA) is 154 Å². The zero-order valence-electron chi connectivity index (χ0n) is 33.4. The Balaban J connectivity index is 0.00000396. The molecule has 6 aliphatic heterocycles. The van der Waals surface area contributed by atoms with Crippen molar-refractivity contribution in [2.45, 2.75) is 144 Å². The number of hydrogen-bond acceptors (Lipinski definition) is 10. The van der Waals surface area contributed by atoms with E-state index in [0.29, 0.717) is 44.9 Å². The van der Waals surface area contributed by atoms with Gasteiger partial charge in [-0.25, -0.2) is 9.59 Å². The van der Waals surface area contributed by atoms with Crippen molar-refractivity contribution in [2.75, 3.05) is 25.1 Å². The van der Waals surface area contributed by atoms with Crippen LogP contribution < -0.4 is 17.3 Å². The zero-order valence-corrected chi connectivity index (χ0v) is 34.2. The highest BCUT2D eigenvalue weighted by molar-refractivity contribution is 5.85. The first-order valence-electron chi connectivity index (χ1n) is 21.8. The Morgan fingerprint density at radius 3 is 2.54 bits per heavy atom. The lowest BCUT2D eigenvalue weighted by atomic mass is 9.41. The number of likely N-dealkylation sites (N-methyl/N-ethyl adjacent to an activating group) is 1. The summed E-state index contributed by atoms with van der Waals surface area (Å²) in [5.41, 5.74) is -1.04. The van der Waals surface area contributed by atoms with Crippen LogP contribution in [0.3, 0.4) is 0 Å². The van der Waals surface area contributed by atoms with Crippen LogP contribution in [0.1, 0.15) is 96.5 Å². The van der Waals surface area contributed by atoms with Crippen LogP contribution in [0.4, 0.5) is 5.69 Å². The second kappa shape index (κ2) is 12.3. The number of aldehydes is 1. The fourth-order valence-electron chi connectivity index (χ4n) is 17.6. The van der Waals surface area contributed by atoms with Crippen LogP contribution in [0.15, 0.2) is 35.9 Å². The number of benzene rings is 1. The summed E-state index contributed by atoms with van der Waals surface area (Å²) >= 11 is 0. The molecule has 0 amide bonds. The number of aliphatic hydroxyl groups excluding tert-OH is 2. The molecule has 5 saturated carbocycles. The van der Waals surface area contributed by atoms with E-state index in [-0.39, 0.29) is 102 Å². The van der Waals surface area contributed by atoms with Gasteiger partial charge in [-0.15, -0.1) is 0 Å². The zero-order chi connectivity index (χ0) is 38.9. The second-order valence-electron chi connectivity index (χ2n) is 20.6. The normalized spacial score (nSPS) is 53.1. The van der Waals surface area contributed by atoms with Crippen molar-refractivity contribution < 1.29 is 61.2 Å². The molecule has 0 radical (unpaired) electrons. The standard InChI is InChI=1S/C45H59N2O9.ClH/c1-4-26-27-18-33-38-44(31-7-5-6-8-32(31)46(38)3)20-34(37(27)39(44)51)47(33,40(26)52)21-36(50)56-25-9-14-42(23-48)29-10-13-41(2)28(24-17-35(49)55-22-24)12-16-45(41,54)30(29)11-15-43(42,53)19-25;/h5-8,17,23,25-30,33-34,37-40,51-54H,4,9-16,18-22H2,1-3H3;1H/q+1;/p-1/t25-,26-,27?,28+,29-,30+,33-,34-,37?,38-,39?,40+,41+,42-,43-,44?,45-,47-;/m0./s1. The minimum absolute atomic E-state index is 0. The molecule has 18 atom stereocenters. The van der Waals surface area contributed by atoms with Gasteiger partial charge in [-0.05, 0) is 98.7 Å². The molecule has 5 bridgehead atoms. The van der Waals surface area contributed by atoms with Crippen molar-refractivity contribution >= 4 is 23.9 Å². The molecule has 11 aliphatic rings. The summed E-state index contributed by atoms with van der Waals surface area (Å²) in [4.78, 5) is 42.3. The smallest absolute Gasteiger partial charge is 0.362 e. The quantitative estimate of drug-likeness (QED) is 0.182. The van der Waals surface area contributed by atoms with Crippen molar-refractivity contribution in [3.63, 3.8) is 0 Å². The van der Waals surface area contributed by atoms with E-state index >= 15 is 0 Å². The Labute approximate surface area is 341 Å². The SMILES string of the molecule is CC[C@H]1C2C[C@H]3[C@@H]4N(C)c5ccccc5C45C[C@@H](C2C5O)[N@@+]3(CC(=O)O[C@H]2CC[C@]3(C=O)[C@H]4CC[C@]5(C)[C@@H](C6=CC(=O)OC6)CC[C@]5(O)[C@@H]4CC[C@]3(O)C2)[C@@H]1O.[Cl-]. The Morgan fingerprint density at radius 1 is 1.04 bits per heavy atom. The van der Waals surface area contributed by atoms with E-state index in [2.05, 4.69) is 44.0 Å². The van der Waals surface area contributed by atoms with Crippen LogP contribution in [-0.2, 0) is 29.3 Å². The number of hydrogen-bond donors (Lipinski definition) is 4. The third-order valence-corrected chi connectivity index (χ3v) is 19.6. The van der Waals surface area contributed by atoms with Crippen molar-refractivity contribution in [2.24, 2.45) is 46.3 Å². The van der Waals surface area contributed by atoms with E-state index in [9.17, 15) is 34.8 Å². The summed E-state index contributed by atoms with van der Waals surface area (Å²) in [5, 5.41) is 50.1. The van der Waals surface area contributed by atoms with Gasteiger partial charge in [0.25, 0.3) is 0 Å². The van der Waals surface area contributed by atoms with Gasteiger partial charge in [0.15, 0.2) is 12.8 Å². The third kappa shape index (κ3) is 4.30. The number of piperidine rings is 4. The molecule has 4 N–H and O–H groups in total. The van der Waals surface area contributed by atoms with Gasteiger partial charge < -0.3 is 52.0 Å². The molecule has 4 saturated heterocycles. The number of fused-ring (bicyclic) bond motifs is 7. The van der Waals surface area contributed by atoms with E-state index in [0.717, 1.165) is 43.2 Å². The molecule has 12 heteroatoms. The molecule has 0 aromatic heterocycles. The number of para-hydroxylation sites is 1. The lowest BCUT2D eigenvalue weighted by Crippen LogP contribution is -3.00. The van der Waals surface area contributed by atoms with Gasteiger partial charge >= 0.3 is 11.9 Å². The van der Waals surface area contributed by atoms with Gasteiger partial charge in [0.05, 0.1) is 40.2 Å². The van der Waals surface area contributed by atoms with Gasteiger partial charge in [-0.3, -0.25) is 4.48 Å². The Kier molecular flexibility index (Phi) is 8.33. The minimum atomic E-state index is -1.37. The van der Waals surface area contributed by atoms with Crippen LogP contribution in [-0.4, -0.2) is 111 Å². The number of anilines is 1. The maximum atomic E-state index is 14.5. The molecule has 1 spiro atoms. The number of rotatable bonds is 6. The molecule has 310 valence electrons. The number of ether oxygens (including phenoxy) is 2. The molecule has 4 unspecified atom stereocenters. The lowest BCUT2D eigenvalue weighted by Gasteiger charge is -2.67. The number of esters is 2. The number of halogens is 1. The molecule has 6 heterocycles. The van der Waals surface area contributed by atoms with E-state index in [4.69, 9.17) is 9.47 Å². The Hall–Kier alpha value is -2.54. The monoisotopic (exact) mass is 806 g/mol. The highest BCUT2D eigenvalue weighted by atomic mass is 35.5. The lowest BCUT2D eigenvalue weighted by molar-refractivity contribution is -1.03. The maximum absolute atomic E-state index is 14.5. The predicted molar refractivity (Wildman–Crippen MR) is 202 cm³/mol. The Bertz CT molecular complexity index is 1950. The van der Waals surface area contributed by atoms with Crippen LogP contribution in [0.2, 0.25) is 0 Å². The molecule has 1 aromatic rings. The fraction of sp³-hybridized carbons (Fsp3) is 0.756. The average Bonchev–Trinajstić information content (AvgIpc) is 3.86. The van der Waals surface area contributed by atoms with E-state index in [1.54, 1.807) is 6.08 Å². The van der Waals surface area contributed by atoms with Crippen molar-refractivity contribution in [3.8, 4) is 0 Å². The van der Waals surface area contributed by atoms with Crippen LogP contribution >= 0.6 is 0 Å². The van der Waals surface area contributed by atoms with Crippen molar-refractivity contribution in [1.29, 1.82) is 0 Å². The highest BCUT2D eigenvalue weighted by Gasteiger charge is 2.83. The number of aliphatic hydroxyl groups is 4. The Morgan fingerprint density at radius 2 is 1.81 bits per heavy atom. The van der Waals surface area contributed by atoms with Crippen LogP contribution in [0, 0.1) is 46.3 Å². The summed E-state index contributed by atoms with van der Waals surface area (Å²) in [5.74, 6) is -0.852. The molecule has 11 nitrogen and oxygen atoms in total. The van der Waals surface area contributed by atoms with E-state index in [1.807, 2.05) is 6.07 Å². The summed E-state index contributed by atoms with van der Waals surface area (Å²) in [7, 11) is 2.11. The molecule has 5 aliphatic carbocycles. The summed E-state index contributed by atoms with van der Waals surface area (Å²) < 4.78 is 11.9. The minimum Gasteiger partial charge on any atom is -1.00 e. The van der Waals surface area contributed by atoms with Gasteiger partial charge in [0, 0.05) is 55.3 Å². The largest absolute Gasteiger partial charge is 1.00 e. The van der Waals surface area contributed by atoms with Gasteiger partial charge in [0.1, 0.15) is 25.0 Å². The van der Waals surface area contributed by atoms with Crippen molar-refractivity contribution in [1.82, 2.24) is 0 Å². The second-order valence-corrected chi connectivity index (χ2v) is 20.6. The van der Waals surface area contributed by atoms with E-state index in [1.165, 1.54) is 5.56 Å². The van der Waals surface area contributed by atoms with E-state index < -0.39 is 45.9 Å². The first kappa shape index (κ1) is 38.6. The third-order valence-electron chi connectivity index (χ3n) is 19.6. The van der Waals surface area contributed by atoms with Gasteiger partial charge in [-0.2, -0.15) is 0 Å². The maximum Gasteiger partial charge on any atom is 0.362 e. The molecule has 9 fully saturated rings. The molecule has 12 rings (SSSR count). The van der Waals surface area contributed by atoms with Crippen LogP contribution in [0.25, 0.3) is 0 Å². The van der Waals surface area contributed by atoms with Gasteiger partial charge in [-0.1, -0.05) is 32.0 Å². The number of nitrogens with zero attached hydrogens (tertiary/aromatic N) is 2. The summed E-state index contributed by atoms with van der Waals surface area (Å²) in [6.07, 6.45) is 7.72. The highest BCUT2D eigenvalue weighted by Crippen LogP contribution is 2.73. The van der Waals surface area contributed by atoms with Gasteiger partial charge in [0.2, 0.25) is 0 Å². The molecule has 57 heavy (non-hydrogen) atoms. The number of carbonyl (C=O) groups is 3. The first-order chi connectivity index (χ1) is 26.7. The molecular weight excluding hydrogens is 748 g/mol. The van der Waals surface area contributed by atoms with Crippen molar-refractivity contribution in [3.05, 3.63) is 41.5 Å². The number of quaternary nitrogens is 1. The number of cyclic esters (lactones) is 1. The average molecular weight is 807 g/mol. The molecular formula is C45H59ClN2O9.